The first-order valence-corrected chi connectivity index (χ1v) is 9.72. The van der Waals surface area contributed by atoms with Crippen LogP contribution < -0.4 is 11.2 Å². The number of rotatable bonds is 5. The van der Waals surface area contributed by atoms with Crippen molar-refractivity contribution in [1.29, 1.82) is 0 Å². The Labute approximate surface area is 171 Å². The zero-order valence-corrected chi connectivity index (χ0v) is 17.4. The molecule has 4 aromatic rings. The second-order valence-corrected chi connectivity index (χ2v) is 7.20. The maximum absolute atomic E-state index is 13.2. The Morgan fingerprint density at radius 1 is 1.07 bits per heavy atom. The molecule has 0 aliphatic rings. The molecule has 3 aromatic heterocycles. The van der Waals surface area contributed by atoms with Crippen molar-refractivity contribution in [3.8, 4) is 0 Å². The molecule has 9 heteroatoms. The summed E-state index contributed by atoms with van der Waals surface area (Å²) in [5.41, 5.74) is 2.29. The molecule has 0 N–H and O–H groups in total. The molecular formula is C21H23N5O4. The lowest BCUT2D eigenvalue weighted by Gasteiger charge is -2.08. The molecule has 156 valence electrons. The molecule has 0 bridgehead atoms. The van der Waals surface area contributed by atoms with E-state index in [1.165, 1.54) is 4.57 Å². The molecule has 30 heavy (non-hydrogen) atoms. The highest BCUT2D eigenvalue weighted by molar-refractivity contribution is 5.77. The summed E-state index contributed by atoms with van der Waals surface area (Å²) in [6.07, 6.45) is 0. The van der Waals surface area contributed by atoms with Crippen LogP contribution in [0.1, 0.15) is 23.9 Å². The van der Waals surface area contributed by atoms with Gasteiger partial charge in [-0.1, -0.05) is 30.3 Å². The highest BCUT2D eigenvalue weighted by atomic mass is 16.5. The minimum atomic E-state index is -0.633. The molecule has 0 saturated heterocycles. The van der Waals surface area contributed by atoms with Crippen LogP contribution in [-0.2, 0) is 29.7 Å². The lowest BCUT2D eigenvalue weighted by atomic mass is 10.2. The van der Waals surface area contributed by atoms with Crippen LogP contribution in [0.25, 0.3) is 16.9 Å². The van der Waals surface area contributed by atoms with Crippen molar-refractivity contribution in [3.63, 3.8) is 0 Å². The van der Waals surface area contributed by atoms with E-state index in [1.54, 1.807) is 18.4 Å². The van der Waals surface area contributed by atoms with Crippen LogP contribution in [0.3, 0.4) is 0 Å². The summed E-state index contributed by atoms with van der Waals surface area (Å²) in [4.78, 5) is 42.5. The van der Waals surface area contributed by atoms with Crippen LogP contribution in [0.5, 0.6) is 0 Å². The molecule has 4 rings (SSSR count). The Morgan fingerprint density at radius 2 is 1.77 bits per heavy atom. The van der Waals surface area contributed by atoms with Crippen molar-refractivity contribution in [2.75, 3.05) is 6.61 Å². The number of hydrogen-bond acceptors (Lipinski definition) is 5. The maximum Gasteiger partial charge on any atom is 0.333 e. The third-order valence-corrected chi connectivity index (χ3v) is 5.41. The second kappa shape index (κ2) is 7.33. The Bertz CT molecular complexity index is 1390. The first kappa shape index (κ1) is 19.7. The average molecular weight is 409 g/mol. The summed E-state index contributed by atoms with van der Waals surface area (Å²) in [7, 11) is 1.54. The fraction of sp³-hybridized carbons (Fsp3) is 0.333. The lowest BCUT2D eigenvalue weighted by molar-refractivity contribution is -0.143. The molecule has 0 unspecified atom stereocenters. The molecule has 0 radical (unpaired) electrons. The summed E-state index contributed by atoms with van der Waals surface area (Å²) in [5, 5.41) is 0. The molecule has 0 saturated carbocycles. The molecule has 0 fully saturated rings. The Hall–Kier alpha value is -3.62. The van der Waals surface area contributed by atoms with E-state index in [0.29, 0.717) is 12.3 Å². The molecular weight excluding hydrogens is 386 g/mol. The third kappa shape index (κ3) is 2.94. The van der Waals surface area contributed by atoms with Gasteiger partial charge in [0.05, 0.1) is 13.2 Å². The summed E-state index contributed by atoms with van der Waals surface area (Å²) in [6.45, 7) is 5.87. The number of carbonyl (C=O) groups is 1. The van der Waals surface area contributed by atoms with E-state index in [-0.39, 0.29) is 17.8 Å². The van der Waals surface area contributed by atoms with Crippen LogP contribution >= 0.6 is 0 Å². The van der Waals surface area contributed by atoms with E-state index in [0.717, 1.165) is 21.5 Å². The monoisotopic (exact) mass is 409 g/mol. The number of carbonyl (C=O) groups excluding carboxylic acids is 1. The number of aryl methyl sites for hydroxylation is 2. The highest BCUT2D eigenvalue weighted by Crippen LogP contribution is 2.21. The smallest absolute Gasteiger partial charge is 0.333 e. The number of benzene rings is 1. The second-order valence-electron chi connectivity index (χ2n) is 7.20. The molecule has 0 spiro atoms. The van der Waals surface area contributed by atoms with Crippen molar-refractivity contribution < 1.29 is 9.53 Å². The maximum atomic E-state index is 13.2. The van der Waals surface area contributed by atoms with Crippen molar-refractivity contribution in [2.45, 2.75) is 33.9 Å². The van der Waals surface area contributed by atoms with Gasteiger partial charge in [0, 0.05) is 18.4 Å². The highest BCUT2D eigenvalue weighted by Gasteiger charge is 2.23. The predicted molar refractivity (Wildman–Crippen MR) is 112 cm³/mol. The lowest BCUT2D eigenvalue weighted by Crippen LogP contribution is -2.41. The normalized spacial score (nSPS) is 11.5. The Morgan fingerprint density at radius 3 is 2.43 bits per heavy atom. The first-order chi connectivity index (χ1) is 14.3. The van der Waals surface area contributed by atoms with E-state index in [9.17, 15) is 14.4 Å². The van der Waals surface area contributed by atoms with E-state index in [2.05, 4.69) is 4.98 Å². The largest absolute Gasteiger partial charge is 0.465 e. The van der Waals surface area contributed by atoms with Gasteiger partial charge in [0.1, 0.15) is 6.54 Å². The molecule has 3 heterocycles. The van der Waals surface area contributed by atoms with Gasteiger partial charge in [-0.2, -0.15) is 4.98 Å². The third-order valence-electron chi connectivity index (χ3n) is 5.41. The van der Waals surface area contributed by atoms with Gasteiger partial charge in [0.15, 0.2) is 11.2 Å². The van der Waals surface area contributed by atoms with E-state index >= 15 is 0 Å². The van der Waals surface area contributed by atoms with Gasteiger partial charge in [-0.3, -0.25) is 18.6 Å². The number of fused-ring (bicyclic) bond motifs is 3. The van der Waals surface area contributed by atoms with E-state index in [4.69, 9.17) is 4.74 Å². The molecule has 1 aromatic carbocycles. The zero-order chi connectivity index (χ0) is 21.6. The van der Waals surface area contributed by atoms with E-state index in [1.807, 2.05) is 48.7 Å². The van der Waals surface area contributed by atoms with Gasteiger partial charge in [0.25, 0.3) is 5.56 Å². The van der Waals surface area contributed by atoms with Gasteiger partial charge in [0.2, 0.25) is 5.78 Å². The molecule has 9 nitrogen and oxygen atoms in total. The molecule has 0 aliphatic heterocycles. The molecule has 0 amide bonds. The van der Waals surface area contributed by atoms with Crippen LogP contribution in [0, 0.1) is 13.8 Å². The van der Waals surface area contributed by atoms with Gasteiger partial charge in [-0.25, -0.2) is 9.36 Å². The van der Waals surface area contributed by atoms with Gasteiger partial charge < -0.3 is 9.30 Å². The number of aromatic nitrogens is 5. The summed E-state index contributed by atoms with van der Waals surface area (Å²) >= 11 is 0. The SMILES string of the molecule is CCOC(=O)Cn1c(=O)c2c(nc3n(Cc4ccccc4)c(C)c(C)n23)n(C)c1=O. The van der Waals surface area contributed by atoms with Crippen molar-refractivity contribution in [1.82, 2.24) is 23.1 Å². The number of esters is 1. The van der Waals surface area contributed by atoms with Crippen molar-refractivity contribution in [2.24, 2.45) is 7.05 Å². The molecule has 0 aliphatic carbocycles. The van der Waals surface area contributed by atoms with Gasteiger partial charge in [-0.15, -0.1) is 0 Å². The fourth-order valence-electron chi connectivity index (χ4n) is 3.75. The van der Waals surface area contributed by atoms with Crippen molar-refractivity contribution >= 4 is 22.9 Å². The first-order valence-electron chi connectivity index (χ1n) is 9.72. The quantitative estimate of drug-likeness (QED) is 0.464. The number of ether oxygens (including phenoxy) is 1. The summed E-state index contributed by atoms with van der Waals surface area (Å²) in [5.74, 6) is -0.0591. The Kier molecular flexibility index (Phi) is 4.81. The number of hydrogen-bond donors (Lipinski definition) is 0. The van der Waals surface area contributed by atoms with Gasteiger partial charge >= 0.3 is 11.7 Å². The minimum absolute atomic E-state index is 0.174. The van der Waals surface area contributed by atoms with Crippen molar-refractivity contribution in [3.05, 3.63) is 68.1 Å². The number of imidazole rings is 2. The molecule has 0 atom stereocenters. The van der Waals surface area contributed by atoms with Crippen LogP contribution in [0.2, 0.25) is 0 Å². The number of nitrogens with zero attached hydrogens (tertiary/aromatic N) is 5. The topological polar surface area (TPSA) is 92.5 Å². The minimum Gasteiger partial charge on any atom is -0.465 e. The fourth-order valence-corrected chi connectivity index (χ4v) is 3.75. The average Bonchev–Trinajstić information content (AvgIpc) is 3.23. The summed E-state index contributed by atoms with van der Waals surface area (Å²) in [6, 6.07) is 9.94. The predicted octanol–water partition coefficient (Wildman–Crippen LogP) is 1.38. The zero-order valence-electron chi connectivity index (χ0n) is 17.4. The van der Waals surface area contributed by atoms with Gasteiger partial charge in [-0.05, 0) is 26.3 Å². The van der Waals surface area contributed by atoms with E-state index < -0.39 is 23.8 Å². The Balaban J connectivity index is 1.99. The van der Waals surface area contributed by atoms with Crippen LogP contribution in [0.4, 0.5) is 0 Å². The standard InChI is InChI=1S/C21H23N5O4/c1-5-30-16(27)12-25-19(28)17-18(23(4)21(25)29)22-20-24(13(2)14(3)26(17)20)11-15-9-7-6-8-10-15/h6-10H,5,11-12H2,1-4H3. The van der Waals surface area contributed by atoms with Crippen LogP contribution in [0.15, 0.2) is 39.9 Å². The summed E-state index contributed by atoms with van der Waals surface area (Å²) < 4.78 is 10.9. The van der Waals surface area contributed by atoms with Crippen LogP contribution in [-0.4, -0.2) is 35.7 Å².